The molecule has 0 bridgehead atoms. The third-order valence-corrected chi connectivity index (χ3v) is 4.29. The van der Waals surface area contributed by atoms with Crippen molar-refractivity contribution >= 4 is 29.0 Å². The summed E-state index contributed by atoms with van der Waals surface area (Å²) in [5.74, 6) is 0.773. The Balaban J connectivity index is 1.73. The summed E-state index contributed by atoms with van der Waals surface area (Å²) in [6, 6.07) is 3.80. The quantitative estimate of drug-likeness (QED) is 0.670. The molecule has 96 valence electrons. The minimum absolute atomic E-state index is 0.00772. The van der Waals surface area contributed by atoms with Gasteiger partial charge in [0, 0.05) is 24.2 Å². The molecule has 0 aliphatic carbocycles. The molecule has 0 aromatic carbocycles. The van der Waals surface area contributed by atoms with E-state index in [1.54, 1.807) is 18.1 Å². The van der Waals surface area contributed by atoms with Crippen LogP contribution in [-0.2, 0) is 7.05 Å². The van der Waals surface area contributed by atoms with Crippen LogP contribution >= 0.6 is 23.1 Å². The average Bonchev–Trinajstić information content (AvgIpc) is 2.94. The van der Waals surface area contributed by atoms with Gasteiger partial charge in [-0.15, -0.1) is 21.5 Å². The highest BCUT2D eigenvalue weighted by Gasteiger charge is 2.07. The van der Waals surface area contributed by atoms with Crippen molar-refractivity contribution in [2.45, 2.75) is 12.1 Å². The van der Waals surface area contributed by atoms with Gasteiger partial charge in [0.05, 0.1) is 4.88 Å². The highest BCUT2D eigenvalue weighted by molar-refractivity contribution is 7.99. The lowest BCUT2D eigenvalue weighted by atomic mass is 10.4. The highest BCUT2D eigenvalue weighted by Crippen LogP contribution is 2.15. The minimum Gasteiger partial charge on any atom is -0.350 e. The summed E-state index contributed by atoms with van der Waals surface area (Å²) >= 11 is 3.08. The molecule has 0 fully saturated rings. The number of carbonyl (C=O) groups is 1. The fraction of sp³-hybridized carbons (Fsp3) is 0.364. The van der Waals surface area contributed by atoms with E-state index >= 15 is 0 Å². The molecule has 0 atom stereocenters. The number of aryl methyl sites for hydroxylation is 2. The number of aromatic nitrogens is 3. The van der Waals surface area contributed by atoms with E-state index in [1.165, 1.54) is 11.3 Å². The first-order valence-corrected chi connectivity index (χ1v) is 7.28. The molecule has 18 heavy (non-hydrogen) atoms. The van der Waals surface area contributed by atoms with Crippen molar-refractivity contribution in [2.24, 2.45) is 7.05 Å². The van der Waals surface area contributed by atoms with Gasteiger partial charge in [0.2, 0.25) is 0 Å². The zero-order valence-electron chi connectivity index (χ0n) is 10.2. The highest BCUT2D eigenvalue weighted by atomic mass is 32.2. The molecular weight excluding hydrogens is 268 g/mol. The summed E-state index contributed by atoms with van der Waals surface area (Å²) in [4.78, 5) is 13.7. The van der Waals surface area contributed by atoms with Crippen molar-refractivity contribution in [3.8, 4) is 0 Å². The maximum atomic E-state index is 11.7. The molecule has 2 rings (SSSR count). The van der Waals surface area contributed by atoms with Crippen LogP contribution in [0.3, 0.4) is 0 Å². The number of nitrogens with zero attached hydrogens (tertiary/aromatic N) is 3. The molecule has 2 aromatic rings. The maximum absolute atomic E-state index is 11.7. The molecule has 5 nitrogen and oxygen atoms in total. The lowest BCUT2D eigenvalue weighted by molar-refractivity contribution is 0.0960. The second-order valence-electron chi connectivity index (χ2n) is 3.74. The Kier molecular flexibility index (Phi) is 4.38. The first-order valence-electron chi connectivity index (χ1n) is 5.48. The molecule has 0 unspecified atom stereocenters. The third-order valence-electron chi connectivity index (χ3n) is 2.25. The summed E-state index contributed by atoms with van der Waals surface area (Å²) in [5.41, 5.74) is 0. The molecule has 0 radical (unpaired) electrons. The maximum Gasteiger partial charge on any atom is 0.261 e. The predicted molar refractivity (Wildman–Crippen MR) is 73.1 cm³/mol. The fourth-order valence-corrected chi connectivity index (χ4v) is 2.88. The van der Waals surface area contributed by atoms with Crippen LogP contribution < -0.4 is 5.32 Å². The van der Waals surface area contributed by atoms with Gasteiger partial charge in [-0.05, 0) is 19.1 Å². The van der Waals surface area contributed by atoms with Gasteiger partial charge in [0.1, 0.15) is 6.33 Å². The van der Waals surface area contributed by atoms with E-state index in [1.807, 2.05) is 30.7 Å². The Morgan fingerprint density at radius 3 is 3.00 bits per heavy atom. The number of thioether (sulfide) groups is 1. The number of hydrogen-bond donors (Lipinski definition) is 1. The first kappa shape index (κ1) is 13.1. The standard InChI is InChI=1S/C11H14N4OS2/c1-8-3-4-9(18-8)10(16)12-5-6-17-11-14-13-7-15(11)2/h3-4,7H,5-6H2,1-2H3,(H,12,16). The van der Waals surface area contributed by atoms with Crippen molar-refractivity contribution in [3.63, 3.8) is 0 Å². The van der Waals surface area contributed by atoms with Crippen LogP contribution in [0.1, 0.15) is 14.5 Å². The molecule has 0 aliphatic heterocycles. The summed E-state index contributed by atoms with van der Waals surface area (Å²) in [6.45, 7) is 2.61. The molecule has 1 N–H and O–H groups in total. The van der Waals surface area contributed by atoms with Crippen molar-refractivity contribution in [1.82, 2.24) is 20.1 Å². The van der Waals surface area contributed by atoms with Gasteiger partial charge in [-0.1, -0.05) is 11.8 Å². The monoisotopic (exact) mass is 282 g/mol. The Labute approximate surface area is 114 Å². The van der Waals surface area contributed by atoms with Gasteiger partial charge < -0.3 is 9.88 Å². The van der Waals surface area contributed by atoms with E-state index in [-0.39, 0.29) is 5.91 Å². The van der Waals surface area contributed by atoms with Gasteiger partial charge in [-0.2, -0.15) is 0 Å². The number of amides is 1. The van der Waals surface area contributed by atoms with E-state index in [0.717, 1.165) is 20.7 Å². The second kappa shape index (κ2) is 6.01. The summed E-state index contributed by atoms with van der Waals surface area (Å²) < 4.78 is 1.86. The van der Waals surface area contributed by atoms with Crippen molar-refractivity contribution in [3.05, 3.63) is 28.2 Å². The van der Waals surface area contributed by atoms with E-state index < -0.39 is 0 Å². The van der Waals surface area contributed by atoms with Crippen LogP contribution in [0, 0.1) is 6.92 Å². The fourth-order valence-electron chi connectivity index (χ4n) is 1.35. The van der Waals surface area contributed by atoms with Crippen LogP contribution in [-0.4, -0.2) is 33.0 Å². The van der Waals surface area contributed by atoms with Gasteiger partial charge in [0.25, 0.3) is 5.91 Å². The largest absolute Gasteiger partial charge is 0.350 e. The number of carbonyl (C=O) groups excluding carboxylic acids is 1. The molecule has 0 saturated heterocycles. The number of nitrogens with one attached hydrogen (secondary N) is 1. The van der Waals surface area contributed by atoms with E-state index in [9.17, 15) is 4.79 Å². The lowest BCUT2D eigenvalue weighted by Crippen LogP contribution is -2.24. The third kappa shape index (κ3) is 3.33. The predicted octanol–water partition coefficient (Wildman–Crippen LogP) is 1.71. The molecule has 0 aliphatic rings. The van der Waals surface area contributed by atoms with Crippen LogP contribution in [0.25, 0.3) is 0 Å². The molecule has 2 heterocycles. The Hall–Kier alpha value is -1.34. The Morgan fingerprint density at radius 1 is 1.56 bits per heavy atom. The van der Waals surface area contributed by atoms with Gasteiger partial charge in [0.15, 0.2) is 5.16 Å². The molecular formula is C11H14N4OS2. The molecule has 7 heteroatoms. The topological polar surface area (TPSA) is 59.8 Å². The Morgan fingerprint density at radius 2 is 2.39 bits per heavy atom. The van der Waals surface area contributed by atoms with Crippen LogP contribution in [0.5, 0.6) is 0 Å². The average molecular weight is 282 g/mol. The van der Waals surface area contributed by atoms with E-state index in [2.05, 4.69) is 15.5 Å². The Bertz CT molecular complexity index is 535. The van der Waals surface area contributed by atoms with Crippen molar-refractivity contribution in [2.75, 3.05) is 12.3 Å². The normalized spacial score (nSPS) is 10.6. The SMILES string of the molecule is Cc1ccc(C(=O)NCCSc2nncn2C)s1. The smallest absolute Gasteiger partial charge is 0.261 e. The molecule has 0 saturated carbocycles. The van der Waals surface area contributed by atoms with Crippen LogP contribution in [0.15, 0.2) is 23.6 Å². The van der Waals surface area contributed by atoms with Gasteiger partial charge in [-0.3, -0.25) is 4.79 Å². The van der Waals surface area contributed by atoms with Crippen LogP contribution in [0.2, 0.25) is 0 Å². The first-order chi connectivity index (χ1) is 8.66. The molecule has 2 aromatic heterocycles. The number of thiophene rings is 1. The van der Waals surface area contributed by atoms with E-state index in [4.69, 9.17) is 0 Å². The van der Waals surface area contributed by atoms with Crippen molar-refractivity contribution in [1.29, 1.82) is 0 Å². The number of rotatable bonds is 5. The zero-order chi connectivity index (χ0) is 13.0. The lowest BCUT2D eigenvalue weighted by Gasteiger charge is -2.03. The van der Waals surface area contributed by atoms with Crippen molar-refractivity contribution < 1.29 is 4.79 Å². The second-order valence-corrected chi connectivity index (χ2v) is 6.09. The molecule has 0 spiro atoms. The number of hydrogen-bond acceptors (Lipinski definition) is 5. The van der Waals surface area contributed by atoms with E-state index in [0.29, 0.717) is 6.54 Å². The minimum atomic E-state index is -0.00772. The zero-order valence-corrected chi connectivity index (χ0v) is 11.8. The van der Waals surface area contributed by atoms with Gasteiger partial charge >= 0.3 is 0 Å². The summed E-state index contributed by atoms with van der Waals surface area (Å²) in [6.07, 6.45) is 1.66. The summed E-state index contributed by atoms with van der Waals surface area (Å²) in [5, 5.41) is 11.5. The summed E-state index contributed by atoms with van der Waals surface area (Å²) in [7, 11) is 1.90. The van der Waals surface area contributed by atoms with Crippen LogP contribution in [0.4, 0.5) is 0 Å². The molecule has 1 amide bonds. The van der Waals surface area contributed by atoms with Gasteiger partial charge in [-0.25, -0.2) is 0 Å².